The number of alkyl carbamates (subject to hydrolysis) is 1. The Morgan fingerprint density at radius 3 is 2.46 bits per heavy atom. The molecule has 4 rings (SSSR count). The molecule has 1 saturated heterocycles. The van der Waals surface area contributed by atoms with Gasteiger partial charge in [0.2, 0.25) is 0 Å². The van der Waals surface area contributed by atoms with Crippen molar-refractivity contribution in [2.75, 3.05) is 13.7 Å². The summed E-state index contributed by atoms with van der Waals surface area (Å²) in [5.41, 5.74) is 3.76. The molecule has 1 N–H and O–H groups in total. The molecule has 1 heterocycles. The van der Waals surface area contributed by atoms with Gasteiger partial charge in [-0.25, -0.2) is 9.59 Å². The van der Waals surface area contributed by atoms with Crippen molar-refractivity contribution in [2.45, 2.75) is 83.6 Å². The number of ether oxygens (including phenoxy) is 3. The van der Waals surface area contributed by atoms with Crippen molar-refractivity contribution in [2.24, 2.45) is 5.92 Å². The molecular weight excluding hydrogens is 448 g/mol. The third kappa shape index (κ3) is 6.47. The van der Waals surface area contributed by atoms with Crippen LogP contribution in [0, 0.1) is 25.2 Å². The smallest absolute Gasteiger partial charge is 0.410 e. The maximum atomic E-state index is 12.2. The summed E-state index contributed by atoms with van der Waals surface area (Å²) in [7, 11) is 1.33. The number of nitrogens with one attached hydrogen (secondary N) is 1. The zero-order valence-electron chi connectivity index (χ0n) is 21.3. The van der Waals surface area contributed by atoms with Crippen molar-refractivity contribution in [3.05, 3.63) is 23.8 Å². The normalized spacial score (nSPS) is 23.6. The molecule has 0 radical (unpaired) electrons. The Bertz CT molecular complexity index is 992. The van der Waals surface area contributed by atoms with E-state index in [0.29, 0.717) is 6.42 Å². The van der Waals surface area contributed by atoms with Gasteiger partial charge in [-0.15, -0.1) is 6.42 Å². The number of nitrogens with zero attached hydrogens (tertiary/aromatic N) is 1. The number of carbonyl (C=O) groups excluding carboxylic acids is 3. The number of aryl methyl sites for hydroxylation is 1. The SMILES string of the molecule is C#CC1C[C@H]2[C@@H](OC(=O)CCNC(=O)OC(C)(C)C)CCC[C@H]2N1C(=O)OC.Cc1cc2ccc1-2. The average Bonchev–Trinajstić information content (AvgIpc) is 3.15. The quantitative estimate of drug-likeness (QED) is 0.392. The van der Waals surface area contributed by atoms with Crippen LogP contribution in [0.2, 0.25) is 0 Å². The molecule has 190 valence electrons. The zero-order chi connectivity index (χ0) is 25.8. The summed E-state index contributed by atoms with van der Waals surface area (Å²) in [4.78, 5) is 37.6. The third-order valence-electron chi connectivity index (χ3n) is 6.54. The highest BCUT2D eigenvalue weighted by Crippen LogP contribution is 2.41. The van der Waals surface area contributed by atoms with Gasteiger partial charge >= 0.3 is 18.2 Å². The van der Waals surface area contributed by atoms with Crippen LogP contribution in [0.1, 0.15) is 58.4 Å². The monoisotopic (exact) mass is 484 g/mol. The van der Waals surface area contributed by atoms with E-state index in [0.717, 1.165) is 19.3 Å². The van der Waals surface area contributed by atoms with Crippen molar-refractivity contribution in [3.8, 4) is 23.5 Å². The van der Waals surface area contributed by atoms with E-state index in [2.05, 4.69) is 36.4 Å². The van der Waals surface area contributed by atoms with E-state index in [1.165, 1.54) is 23.8 Å². The standard InChI is InChI=1S/C20H30N2O6.C7H6/c1-6-13-12-14-15(22(13)19(25)26-5)8-7-9-16(14)27-17(23)10-11-21-18(24)28-20(2,3)4;1-5-4-6-2-3-7(5)6/h1,13-16H,7-12H2,2-5H3,(H,21,24);2-4H,1H3/t13?,14-,15-,16+;/m1./s1. The van der Waals surface area contributed by atoms with Gasteiger partial charge in [0.05, 0.1) is 19.6 Å². The largest absolute Gasteiger partial charge is 0.462 e. The first-order valence-electron chi connectivity index (χ1n) is 12.1. The number of benzene rings is 1. The van der Waals surface area contributed by atoms with Crippen molar-refractivity contribution < 1.29 is 28.6 Å². The third-order valence-corrected chi connectivity index (χ3v) is 6.54. The number of fused-ring (bicyclic) bond motifs is 2. The molecule has 1 unspecified atom stereocenters. The summed E-state index contributed by atoms with van der Waals surface area (Å²) < 4.78 is 15.7. The number of esters is 1. The first-order valence-corrected chi connectivity index (χ1v) is 12.1. The first-order chi connectivity index (χ1) is 16.5. The number of carbonyl (C=O) groups is 3. The molecule has 8 heteroatoms. The molecule has 0 spiro atoms. The minimum atomic E-state index is -0.594. The average molecular weight is 485 g/mol. The van der Waals surface area contributed by atoms with E-state index in [1.54, 1.807) is 25.7 Å². The molecule has 2 fully saturated rings. The van der Waals surface area contributed by atoms with Crippen LogP contribution in [-0.2, 0) is 19.0 Å². The summed E-state index contributed by atoms with van der Waals surface area (Å²) in [5.74, 6) is 2.25. The molecule has 4 atom stereocenters. The Morgan fingerprint density at radius 1 is 1.23 bits per heavy atom. The molecule has 35 heavy (non-hydrogen) atoms. The Labute approximate surface area is 207 Å². The van der Waals surface area contributed by atoms with Crippen LogP contribution in [0.15, 0.2) is 18.2 Å². The Morgan fingerprint density at radius 2 is 1.97 bits per heavy atom. The minimum Gasteiger partial charge on any atom is -0.462 e. The molecule has 1 saturated carbocycles. The van der Waals surface area contributed by atoms with Crippen LogP contribution in [0.4, 0.5) is 9.59 Å². The van der Waals surface area contributed by atoms with Crippen LogP contribution in [0.3, 0.4) is 0 Å². The number of hydrogen-bond acceptors (Lipinski definition) is 6. The van der Waals surface area contributed by atoms with Gasteiger partial charge in [0.15, 0.2) is 0 Å². The second kappa shape index (κ2) is 11.0. The van der Waals surface area contributed by atoms with Gasteiger partial charge in [-0.2, -0.15) is 0 Å². The number of amides is 2. The van der Waals surface area contributed by atoms with E-state index < -0.39 is 23.8 Å². The van der Waals surface area contributed by atoms with Crippen molar-refractivity contribution in [1.82, 2.24) is 10.2 Å². The van der Waals surface area contributed by atoms with Gasteiger partial charge in [-0.3, -0.25) is 9.69 Å². The Balaban J connectivity index is 0.000000410. The van der Waals surface area contributed by atoms with Gasteiger partial charge in [0, 0.05) is 18.5 Å². The van der Waals surface area contributed by atoms with E-state index in [1.807, 2.05) is 0 Å². The van der Waals surface area contributed by atoms with Crippen LogP contribution in [0.5, 0.6) is 0 Å². The summed E-state index contributed by atoms with van der Waals surface area (Å²) in [6.45, 7) is 7.58. The van der Waals surface area contributed by atoms with Crippen molar-refractivity contribution in [1.29, 1.82) is 0 Å². The molecule has 8 nitrogen and oxygen atoms in total. The molecule has 0 aromatic heterocycles. The predicted octanol–water partition coefficient (Wildman–Crippen LogP) is 4.43. The Kier molecular flexibility index (Phi) is 8.31. The lowest BCUT2D eigenvalue weighted by atomic mass is 9.82. The topological polar surface area (TPSA) is 94.2 Å². The van der Waals surface area contributed by atoms with Gasteiger partial charge in [-0.05, 0) is 70.1 Å². The van der Waals surface area contributed by atoms with Crippen molar-refractivity contribution >= 4 is 18.2 Å². The predicted molar refractivity (Wildman–Crippen MR) is 132 cm³/mol. The van der Waals surface area contributed by atoms with Gasteiger partial charge < -0.3 is 19.5 Å². The summed E-state index contributed by atoms with van der Waals surface area (Å²) >= 11 is 0. The van der Waals surface area contributed by atoms with E-state index in [-0.39, 0.29) is 37.1 Å². The first kappa shape index (κ1) is 26.4. The number of methoxy groups -OCH3 is 1. The lowest BCUT2D eigenvalue weighted by Crippen LogP contribution is -2.46. The summed E-state index contributed by atoms with van der Waals surface area (Å²) in [6, 6.07) is 6.07. The highest BCUT2D eigenvalue weighted by atomic mass is 16.6. The zero-order valence-corrected chi connectivity index (χ0v) is 21.3. The molecule has 0 aromatic rings. The fraction of sp³-hybridized carbons (Fsp3) is 0.593. The van der Waals surface area contributed by atoms with Crippen LogP contribution in [-0.4, -0.2) is 60.5 Å². The lowest BCUT2D eigenvalue weighted by Gasteiger charge is -2.36. The summed E-state index contributed by atoms with van der Waals surface area (Å²) in [6.07, 6.45) is 7.31. The Hall–Kier alpha value is -3.21. The molecule has 2 amide bonds. The number of rotatable bonds is 4. The molecule has 1 aliphatic heterocycles. The molecule has 3 aliphatic carbocycles. The van der Waals surface area contributed by atoms with Crippen LogP contribution in [0.25, 0.3) is 11.1 Å². The fourth-order valence-electron chi connectivity index (χ4n) is 4.91. The molecule has 0 aromatic carbocycles. The highest BCUT2D eigenvalue weighted by molar-refractivity contribution is 5.80. The fourth-order valence-corrected chi connectivity index (χ4v) is 4.91. The van der Waals surface area contributed by atoms with Crippen molar-refractivity contribution in [3.63, 3.8) is 0 Å². The second-order valence-electron chi connectivity index (χ2n) is 10.2. The molecule has 0 bridgehead atoms. The maximum Gasteiger partial charge on any atom is 0.410 e. The van der Waals surface area contributed by atoms with Gasteiger partial charge in [-0.1, -0.05) is 24.1 Å². The number of terminal acetylenes is 1. The van der Waals surface area contributed by atoms with Crippen LogP contribution >= 0.6 is 0 Å². The van der Waals surface area contributed by atoms with E-state index >= 15 is 0 Å². The van der Waals surface area contributed by atoms with Gasteiger partial charge in [0.1, 0.15) is 11.7 Å². The van der Waals surface area contributed by atoms with E-state index in [9.17, 15) is 14.4 Å². The minimum absolute atomic E-state index is 0.00309. The molecular formula is C27H36N2O6. The lowest BCUT2D eigenvalue weighted by molar-refractivity contribution is -0.154. The summed E-state index contributed by atoms with van der Waals surface area (Å²) in [5, 5.41) is 2.54. The van der Waals surface area contributed by atoms with E-state index in [4.69, 9.17) is 20.6 Å². The number of hydrogen-bond donors (Lipinski definition) is 1. The van der Waals surface area contributed by atoms with Gasteiger partial charge in [0.25, 0.3) is 0 Å². The number of likely N-dealkylation sites (tertiary alicyclic amines) is 1. The maximum absolute atomic E-state index is 12.2. The van der Waals surface area contributed by atoms with Crippen LogP contribution < -0.4 is 5.32 Å². The molecule has 4 aliphatic rings. The second-order valence-corrected chi connectivity index (χ2v) is 10.2. The highest BCUT2D eigenvalue weighted by Gasteiger charge is 2.49.